The molecule has 1 aromatic rings. The van der Waals surface area contributed by atoms with Gasteiger partial charge in [0.05, 0.1) is 34.9 Å². The van der Waals surface area contributed by atoms with E-state index in [2.05, 4.69) is 4.99 Å². The summed E-state index contributed by atoms with van der Waals surface area (Å²) in [5.74, 6) is 0.518. The average Bonchev–Trinajstić information content (AvgIpc) is 3.11. The maximum absolute atomic E-state index is 13.7. The Morgan fingerprint density at radius 3 is 2.56 bits per heavy atom. The topological polar surface area (TPSA) is 70.3 Å². The van der Waals surface area contributed by atoms with Gasteiger partial charge in [0.25, 0.3) is 0 Å². The molecule has 6 heteroatoms. The standard InChI is InChI=1S/C21H25FN2O2S/c1-14(2)27(25,26)13-15-3-5-17(6-4-15)19-10-21(24-12-19)18-7-16(11-23)8-20(22)9-18/h7-10,14-15,17H,3-6,12-13H2,1-2H3. The molecule has 1 aromatic carbocycles. The highest BCUT2D eigenvalue weighted by Crippen LogP contribution is 2.36. The van der Waals surface area contributed by atoms with E-state index < -0.39 is 15.7 Å². The summed E-state index contributed by atoms with van der Waals surface area (Å²) in [6.45, 7) is 4.09. The van der Waals surface area contributed by atoms with Crippen LogP contribution in [0.2, 0.25) is 0 Å². The maximum atomic E-state index is 13.7. The number of benzene rings is 1. The van der Waals surface area contributed by atoms with Gasteiger partial charge < -0.3 is 0 Å². The lowest BCUT2D eigenvalue weighted by atomic mass is 9.79. The van der Waals surface area contributed by atoms with Crippen LogP contribution in [0.1, 0.15) is 50.7 Å². The fraction of sp³-hybridized carbons (Fsp3) is 0.524. The zero-order valence-corrected chi connectivity index (χ0v) is 16.6. The van der Waals surface area contributed by atoms with Crippen LogP contribution in [-0.2, 0) is 9.84 Å². The van der Waals surface area contributed by atoms with E-state index in [-0.39, 0.29) is 11.2 Å². The third kappa shape index (κ3) is 4.65. The van der Waals surface area contributed by atoms with Gasteiger partial charge in [0.2, 0.25) is 0 Å². The van der Waals surface area contributed by atoms with Crippen LogP contribution in [0.15, 0.2) is 34.8 Å². The number of nitrogens with zero attached hydrogens (tertiary/aromatic N) is 2. The molecular formula is C21H25FN2O2S. The first kappa shape index (κ1) is 19.8. The molecular weight excluding hydrogens is 363 g/mol. The molecule has 3 rings (SSSR count). The van der Waals surface area contributed by atoms with E-state index in [4.69, 9.17) is 5.26 Å². The summed E-state index contributed by atoms with van der Waals surface area (Å²) in [6, 6.07) is 6.26. The Morgan fingerprint density at radius 2 is 1.93 bits per heavy atom. The van der Waals surface area contributed by atoms with Crippen LogP contribution in [0.25, 0.3) is 0 Å². The molecule has 1 aliphatic heterocycles. The molecule has 0 atom stereocenters. The second-order valence-electron chi connectivity index (χ2n) is 7.86. The first-order valence-corrected chi connectivity index (χ1v) is 11.2. The summed E-state index contributed by atoms with van der Waals surface area (Å²) in [5.41, 5.74) is 2.89. The first-order valence-electron chi connectivity index (χ1n) is 9.46. The van der Waals surface area contributed by atoms with Crippen molar-refractivity contribution in [3.63, 3.8) is 0 Å². The minimum Gasteiger partial charge on any atom is -0.280 e. The number of allylic oxidation sites excluding steroid dienone is 1. The molecule has 0 radical (unpaired) electrons. The van der Waals surface area contributed by atoms with Crippen LogP contribution < -0.4 is 0 Å². The van der Waals surface area contributed by atoms with Gasteiger partial charge in [-0.1, -0.05) is 0 Å². The van der Waals surface area contributed by atoms with E-state index in [1.807, 2.05) is 12.1 Å². The van der Waals surface area contributed by atoms with E-state index in [1.165, 1.54) is 17.7 Å². The lowest BCUT2D eigenvalue weighted by Gasteiger charge is -2.29. The summed E-state index contributed by atoms with van der Waals surface area (Å²) in [4.78, 5) is 4.53. The van der Waals surface area contributed by atoms with Gasteiger partial charge in [-0.2, -0.15) is 5.26 Å². The van der Waals surface area contributed by atoms with Crippen LogP contribution in [-0.4, -0.2) is 31.7 Å². The molecule has 1 aliphatic carbocycles. The van der Waals surface area contributed by atoms with Gasteiger partial charge in [-0.3, -0.25) is 4.99 Å². The largest absolute Gasteiger partial charge is 0.280 e. The van der Waals surface area contributed by atoms with Crippen LogP contribution in [0.5, 0.6) is 0 Å². The summed E-state index contributed by atoms with van der Waals surface area (Å²) in [7, 11) is -2.99. The van der Waals surface area contributed by atoms with Gasteiger partial charge in [0.1, 0.15) is 5.82 Å². The predicted octanol–water partition coefficient (Wildman–Crippen LogP) is 4.06. The molecule has 4 nitrogen and oxygen atoms in total. The molecule has 1 saturated carbocycles. The Hall–Kier alpha value is -2.00. The fourth-order valence-electron chi connectivity index (χ4n) is 3.89. The molecule has 0 unspecified atom stereocenters. The van der Waals surface area contributed by atoms with Crippen molar-refractivity contribution in [2.75, 3.05) is 12.3 Å². The minimum atomic E-state index is -2.99. The van der Waals surface area contributed by atoms with Crippen LogP contribution in [0.4, 0.5) is 4.39 Å². The molecule has 0 amide bonds. The highest BCUT2D eigenvalue weighted by molar-refractivity contribution is 7.91. The summed E-state index contributed by atoms with van der Waals surface area (Å²) in [5, 5.41) is 8.70. The Bertz CT molecular complexity index is 918. The molecule has 1 fully saturated rings. The van der Waals surface area contributed by atoms with Gasteiger partial charge in [-0.25, -0.2) is 12.8 Å². The average molecular weight is 389 g/mol. The molecule has 27 heavy (non-hydrogen) atoms. The Balaban J connectivity index is 1.63. The van der Waals surface area contributed by atoms with Gasteiger partial charge >= 0.3 is 0 Å². The third-order valence-electron chi connectivity index (χ3n) is 5.63. The van der Waals surface area contributed by atoms with Crippen LogP contribution >= 0.6 is 0 Å². The van der Waals surface area contributed by atoms with Gasteiger partial charge in [0.15, 0.2) is 9.84 Å². The van der Waals surface area contributed by atoms with E-state index in [0.29, 0.717) is 29.3 Å². The number of hydrogen-bond acceptors (Lipinski definition) is 4. The van der Waals surface area contributed by atoms with Gasteiger partial charge in [0, 0.05) is 5.56 Å². The maximum Gasteiger partial charge on any atom is 0.152 e. The molecule has 0 aromatic heterocycles. The summed E-state index contributed by atoms with van der Waals surface area (Å²) < 4.78 is 37.9. The highest BCUT2D eigenvalue weighted by Gasteiger charge is 2.29. The molecule has 0 bridgehead atoms. The van der Waals surface area contributed by atoms with Gasteiger partial charge in [-0.05, 0) is 81.2 Å². The number of hydrogen-bond donors (Lipinski definition) is 0. The Labute approximate surface area is 160 Å². The van der Waals surface area contributed by atoms with Crippen LogP contribution in [0, 0.1) is 29.0 Å². The molecule has 0 N–H and O–H groups in total. The monoisotopic (exact) mass is 388 g/mol. The van der Waals surface area contributed by atoms with E-state index in [1.54, 1.807) is 19.9 Å². The fourth-order valence-corrected chi connectivity index (χ4v) is 5.26. The SMILES string of the molecule is CC(C)S(=O)(=O)CC1CCC(C2=CC(c3cc(F)cc(C#N)c3)=NC2)CC1. The Morgan fingerprint density at radius 1 is 1.22 bits per heavy atom. The van der Waals surface area contributed by atoms with Crippen LogP contribution in [0.3, 0.4) is 0 Å². The van der Waals surface area contributed by atoms with E-state index >= 15 is 0 Å². The number of halogens is 1. The molecule has 2 aliphatic rings. The van der Waals surface area contributed by atoms with E-state index in [0.717, 1.165) is 31.4 Å². The highest BCUT2D eigenvalue weighted by atomic mass is 32.2. The lowest BCUT2D eigenvalue weighted by Crippen LogP contribution is -2.27. The predicted molar refractivity (Wildman–Crippen MR) is 105 cm³/mol. The summed E-state index contributed by atoms with van der Waals surface area (Å²) >= 11 is 0. The normalized spacial score (nSPS) is 23.1. The van der Waals surface area contributed by atoms with Crippen molar-refractivity contribution in [1.29, 1.82) is 5.26 Å². The number of rotatable bonds is 5. The minimum absolute atomic E-state index is 0.248. The first-order chi connectivity index (χ1) is 12.8. The van der Waals surface area contributed by atoms with E-state index in [9.17, 15) is 12.8 Å². The third-order valence-corrected chi connectivity index (χ3v) is 8.01. The smallest absolute Gasteiger partial charge is 0.152 e. The molecule has 144 valence electrons. The molecule has 0 saturated heterocycles. The zero-order chi connectivity index (χ0) is 19.6. The van der Waals surface area contributed by atoms with Crippen molar-refractivity contribution in [2.45, 2.75) is 44.8 Å². The van der Waals surface area contributed by atoms with Crippen molar-refractivity contribution in [2.24, 2.45) is 16.8 Å². The quantitative estimate of drug-likeness (QED) is 0.764. The lowest BCUT2D eigenvalue weighted by molar-refractivity contribution is 0.320. The number of nitriles is 1. The second kappa shape index (κ2) is 7.93. The van der Waals surface area contributed by atoms with Gasteiger partial charge in [-0.15, -0.1) is 0 Å². The van der Waals surface area contributed by atoms with Crippen molar-refractivity contribution in [3.05, 3.63) is 46.8 Å². The summed E-state index contributed by atoms with van der Waals surface area (Å²) in [6.07, 6.45) is 5.80. The molecule has 1 heterocycles. The van der Waals surface area contributed by atoms with Crippen molar-refractivity contribution >= 4 is 15.5 Å². The van der Waals surface area contributed by atoms with Crippen molar-refractivity contribution in [1.82, 2.24) is 0 Å². The second-order valence-corrected chi connectivity index (χ2v) is 10.5. The Kier molecular flexibility index (Phi) is 5.81. The zero-order valence-electron chi connectivity index (χ0n) is 15.8. The number of aliphatic imine (C=N–C) groups is 1. The number of sulfone groups is 1. The van der Waals surface area contributed by atoms with Crippen molar-refractivity contribution in [3.8, 4) is 6.07 Å². The van der Waals surface area contributed by atoms with Crippen molar-refractivity contribution < 1.29 is 12.8 Å². The molecule has 0 spiro atoms.